The first-order chi connectivity index (χ1) is 12.6. The average molecular weight is 350 g/mol. The van der Waals surface area contributed by atoms with Gasteiger partial charge in [0.25, 0.3) is 5.91 Å². The molecule has 0 unspecified atom stereocenters. The molecule has 5 heteroatoms. The molecule has 4 rings (SSSR count). The molecule has 2 aromatic rings. The number of carbonyl (C=O) groups excluding carboxylic acids is 1. The lowest BCUT2D eigenvalue weighted by Gasteiger charge is -2.25. The molecule has 5 nitrogen and oxygen atoms in total. The van der Waals surface area contributed by atoms with Gasteiger partial charge in [-0.1, -0.05) is 12.1 Å². The number of fused-ring (bicyclic) bond motifs is 1. The lowest BCUT2D eigenvalue weighted by Crippen LogP contribution is -2.39. The number of anilines is 1. The summed E-state index contributed by atoms with van der Waals surface area (Å²) in [6.07, 6.45) is 3.53. The minimum absolute atomic E-state index is 0.139. The van der Waals surface area contributed by atoms with Crippen molar-refractivity contribution in [2.45, 2.75) is 32.2 Å². The zero-order chi connectivity index (χ0) is 18.1. The predicted molar refractivity (Wildman–Crippen MR) is 104 cm³/mol. The maximum atomic E-state index is 13.0. The first-order valence-corrected chi connectivity index (χ1v) is 9.49. The number of aryl methyl sites for hydroxylation is 1. The second-order valence-corrected chi connectivity index (χ2v) is 7.40. The smallest absolute Gasteiger partial charge is 0.253 e. The number of hydrogen-bond donors (Lipinski definition) is 1. The molecule has 0 bridgehead atoms. The third kappa shape index (κ3) is 3.31. The van der Waals surface area contributed by atoms with Gasteiger partial charge in [-0.15, -0.1) is 0 Å². The third-order valence-corrected chi connectivity index (χ3v) is 5.60. The van der Waals surface area contributed by atoms with E-state index >= 15 is 0 Å². The van der Waals surface area contributed by atoms with Gasteiger partial charge < -0.3 is 10.6 Å². The molecule has 0 aliphatic carbocycles. The zero-order valence-corrected chi connectivity index (χ0v) is 15.3. The van der Waals surface area contributed by atoms with Crippen molar-refractivity contribution in [3.05, 3.63) is 47.7 Å². The van der Waals surface area contributed by atoms with Crippen molar-refractivity contribution in [2.75, 3.05) is 31.9 Å². The molecule has 1 amide bonds. The molecule has 0 saturated carbocycles. The molecule has 0 radical (unpaired) electrons. The van der Waals surface area contributed by atoms with Crippen LogP contribution in [0.25, 0.3) is 11.1 Å². The zero-order valence-electron chi connectivity index (χ0n) is 15.3. The van der Waals surface area contributed by atoms with E-state index in [0.29, 0.717) is 11.9 Å². The number of nitrogen functional groups attached to an aromatic ring is 1. The standard InChI is InChI=1S/C21H26N4O/c1-15-5-10-19(20(22)23-15)16-6-8-17(9-7-16)21(26)25-13-3-12-24-11-2-4-18(24)14-25/h5-10,18H,2-4,11-14H2,1H3,(H2,22,23)/t18-/m0/s1. The number of nitrogens with zero attached hydrogens (tertiary/aromatic N) is 3. The summed E-state index contributed by atoms with van der Waals surface area (Å²) < 4.78 is 0. The molecular weight excluding hydrogens is 324 g/mol. The topological polar surface area (TPSA) is 62.5 Å². The highest BCUT2D eigenvalue weighted by Crippen LogP contribution is 2.26. The van der Waals surface area contributed by atoms with Crippen molar-refractivity contribution in [3.63, 3.8) is 0 Å². The molecule has 2 aliphatic heterocycles. The van der Waals surface area contributed by atoms with Crippen LogP contribution in [-0.2, 0) is 0 Å². The van der Waals surface area contributed by atoms with Crippen LogP contribution in [0, 0.1) is 6.92 Å². The Labute approximate surface area is 154 Å². The number of benzene rings is 1. The van der Waals surface area contributed by atoms with E-state index < -0.39 is 0 Å². The van der Waals surface area contributed by atoms with Crippen LogP contribution in [0.15, 0.2) is 36.4 Å². The Morgan fingerprint density at radius 2 is 1.85 bits per heavy atom. The van der Waals surface area contributed by atoms with Crippen LogP contribution in [0.3, 0.4) is 0 Å². The SMILES string of the molecule is Cc1ccc(-c2ccc(C(=O)N3CCCN4CCC[C@H]4C3)cc2)c(N)n1. The highest BCUT2D eigenvalue weighted by atomic mass is 16.2. The Morgan fingerprint density at radius 1 is 1.08 bits per heavy atom. The van der Waals surface area contributed by atoms with Crippen LogP contribution in [0.4, 0.5) is 5.82 Å². The molecule has 2 aliphatic rings. The lowest BCUT2D eigenvalue weighted by atomic mass is 10.0. The van der Waals surface area contributed by atoms with E-state index in [0.717, 1.165) is 48.4 Å². The van der Waals surface area contributed by atoms with E-state index in [-0.39, 0.29) is 5.91 Å². The summed E-state index contributed by atoms with van der Waals surface area (Å²) >= 11 is 0. The first kappa shape index (κ1) is 17.0. The quantitative estimate of drug-likeness (QED) is 0.904. The fourth-order valence-electron chi connectivity index (χ4n) is 4.19. The summed E-state index contributed by atoms with van der Waals surface area (Å²) in [6, 6.07) is 12.2. The molecule has 1 atom stereocenters. The van der Waals surface area contributed by atoms with Gasteiger partial charge in [-0.2, -0.15) is 0 Å². The average Bonchev–Trinajstić information content (AvgIpc) is 2.98. The van der Waals surface area contributed by atoms with Gasteiger partial charge in [0.1, 0.15) is 5.82 Å². The predicted octanol–water partition coefficient (Wildman–Crippen LogP) is 2.95. The minimum atomic E-state index is 0.139. The van der Waals surface area contributed by atoms with Gasteiger partial charge in [-0.25, -0.2) is 4.98 Å². The minimum Gasteiger partial charge on any atom is -0.383 e. The van der Waals surface area contributed by atoms with Crippen LogP contribution < -0.4 is 5.73 Å². The maximum absolute atomic E-state index is 13.0. The molecule has 2 saturated heterocycles. The Morgan fingerprint density at radius 3 is 2.62 bits per heavy atom. The number of aromatic nitrogens is 1. The van der Waals surface area contributed by atoms with Crippen molar-refractivity contribution in [1.29, 1.82) is 0 Å². The van der Waals surface area contributed by atoms with E-state index in [2.05, 4.69) is 9.88 Å². The molecule has 1 aromatic carbocycles. The van der Waals surface area contributed by atoms with E-state index in [1.165, 1.54) is 19.4 Å². The summed E-state index contributed by atoms with van der Waals surface area (Å²) in [5.74, 6) is 0.665. The summed E-state index contributed by atoms with van der Waals surface area (Å²) in [6.45, 7) is 5.94. The fraction of sp³-hybridized carbons (Fsp3) is 0.429. The highest BCUT2D eigenvalue weighted by Gasteiger charge is 2.30. The number of rotatable bonds is 2. The molecule has 136 valence electrons. The fourth-order valence-corrected chi connectivity index (χ4v) is 4.19. The van der Waals surface area contributed by atoms with Gasteiger partial charge >= 0.3 is 0 Å². The van der Waals surface area contributed by atoms with Gasteiger partial charge in [-0.3, -0.25) is 9.69 Å². The molecule has 2 fully saturated rings. The first-order valence-electron chi connectivity index (χ1n) is 9.49. The van der Waals surface area contributed by atoms with Gasteiger partial charge in [0, 0.05) is 42.5 Å². The van der Waals surface area contributed by atoms with Crippen molar-refractivity contribution < 1.29 is 4.79 Å². The van der Waals surface area contributed by atoms with Gasteiger partial charge in [0.15, 0.2) is 0 Å². The molecule has 0 spiro atoms. The van der Waals surface area contributed by atoms with Crippen molar-refractivity contribution in [2.24, 2.45) is 0 Å². The normalized spacial score (nSPS) is 20.7. The summed E-state index contributed by atoms with van der Waals surface area (Å²) in [5.41, 5.74) is 9.59. The third-order valence-electron chi connectivity index (χ3n) is 5.60. The summed E-state index contributed by atoms with van der Waals surface area (Å²) in [7, 11) is 0. The van der Waals surface area contributed by atoms with Gasteiger partial charge in [0.2, 0.25) is 0 Å². The lowest BCUT2D eigenvalue weighted by molar-refractivity contribution is 0.0743. The second kappa shape index (κ2) is 7.08. The Bertz CT molecular complexity index is 802. The molecule has 1 aromatic heterocycles. The van der Waals surface area contributed by atoms with Crippen LogP contribution in [0.5, 0.6) is 0 Å². The van der Waals surface area contributed by atoms with E-state index in [1.54, 1.807) is 0 Å². The van der Waals surface area contributed by atoms with E-state index in [1.807, 2.05) is 48.2 Å². The van der Waals surface area contributed by atoms with Crippen molar-refractivity contribution in [3.8, 4) is 11.1 Å². The molecular formula is C21H26N4O. The summed E-state index contributed by atoms with van der Waals surface area (Å²) in [5, 5.41) is 0. The van der Waals surface area contributed by atoms with Gasteiger partial charge in [0.05, 0.1) is 0 Å². The van der Waals surface area contributed by atoms with Gasteiger partial charge in [-0.05, 0) is 62.6 Å². The number of hydrogen-bond acceptors (Lipinski definition) is 4. The van der Waals surface area contributed by atoms with Crippen LogP contribution >= 0.6 is 0 Å². The van der Waals surface area contributed by atoms with Crippen LogP contribution in [0.1, 0.15) is 35.3 Å². The maximum Gasteiger partial charge on any atom is 0.253 e. The Kier molecular flexibility index (Phi) is 4.64. The molecule has 26 heavy (non-hydrogen) atoms. The van der Waals surface area contributed by atoms with Crippen molar-refractivity contribution >= 4 is 11.7 Å². The monoisotopic (exact) mass is 350 g/mol. The Hall–Kier alpha value is -2.40. The van der Waals surface area contributed by atoms with Crippen molar-refractivity contribution in [1.82, 2.24) is 14.8 Å². The Balaban J connectivity index is 1.51. The number of nitrogens with two attached hydrogens (primary N) is 1. The van der Waals surface area contributed by atoms with E-state index in [9.17, 15) is 4.79 Å². The number of carbonyl (C=O) groups is 1. The van der Waals surface area contributed by atoms with Crippen LogP contribution in [-0.4, -0.2) is 52.9 Å². The van der Waals surface area contributed by atoms with E-state index in [4.69, 9.17) is 5.73 Å². The molecule has 3 heterocycles. The van der Waals surface area contributed by atoms with Crippen LogP contribution in [0.2, 0.25) is 0 Å². The summed E-state index contributed by atoms with van der Waals surface area (Å²) in [4.78, 5) is 21.9. The largest absolute Gasteiger partial charge is 0.383 e. The highest BCUT2D eigenvalue weighted by molar-refractivity contribution is 5.95. The number of amides is 1. The molecule has 2 N–H and O–H groups in total. The number of pyridine rings is 1. The second-order valence-electron chi connectivity index (χ2n) is 7.40.